The van der Waals surface area contributed by atoms with E-state index in [4.69, 9.17) is 0 Å². The van der Waals surface area contributed by atoms with Gasteiger partial charge in [-0.3, -0.25) is 23.8 Å². The summed E-state index contributed by atoms with van der Waals surface area (Å²) >= 11 is 0. The Morgan fingerprint density at radius 2 is 1.72 bits per heavy atom. The number of pyridine rings is 1. The molecule has 3 aliphatic rings. The highest BCUT2D eigenvalue weighted by Gasteiger charge is 2.40. The zero-order valence-electron chi connectivity index (χ0n) is 22.1. The smallest absolute Gasteiger partial charge is 0.264 e. The number of benzene rings is 2. The van der Waals surface area contributed by atoms with Crippen molar-refractivity contribution in [3.05, 3.63) is 83.2 Å². The number of piperazine rings is 1. The van der Waals surface area contributed by atoms with Gasteiger partial charge in [-0.05, 0) is 52.9 Å². The van der Waals surface area contributed by atoms with Crippen LogP contribution in [0, 0.1) is 0 Å². The molecule has 4 heterocycles. The Morgan fingerprint density at radius 3 is 2.44 bits per heavy atom. The summed E-state index contributed by atoms with van der Waals surface area (Å²) in [6.07, 6.45) is 4.45. The van der Waals surface area contributed by atoms with Crippen molar-refractivity contribution in [2.45, 2.75) is 30.7 Å². The van der Waals surface area contributed by atoms with Crippen molar-refractivity contribution in [2.75, 3.05) is 49.0 Å². The van der Waals surface area contributed by atoms with E-state index in [9.17, 15) is 18.0 Å². The molecule has 0 aliphatic carbocycles. The molecule has 0 radical (unpaired) electrons. The number of aromatic nitrogens is 1. The molecule has 0 saturated carbocycles. The summed E-state index contributed by atoms with van der Waals surface area (Å²) in [5.41, 5.74) is 4.93. The first-order valence-corrected chi connectivity index (χ1v) is 14.6. The highest BCUT2D eigenvalue weighted by molar-refractivity contribution is 7.92. The van der Waals surface area contributed by atoms with Crippen LogP contribution in [0.15, 0.2) is 65.8 Å². The van der Waals surface area contributed by atoms with E-state index in [1.807, 2.05) is 35.2 Å². The summed E-state index contributed by atoms with van der Waals surface area (Å²) in [6, 6.07) is 14.6. The quantitative estimate of drug-likeness (QED) is 0.502. The molecule has 0 spiro atoms. The van der Waals surface area contributed by atoms with Crippen LogP contribution in [0.4, 0.5) is 11.4 Å². The molecular formula is C29H31N5O4S. The lowest BCUT2D eigenvalue weighted by Gasteiger charge is -2.40. The first-order valence-electron chi connectivity index (χ1n) is 13.2. The van der Waals surface area contributed by atoms with Crippen molar-refractivity contribution in [1.29, 1.82) is 0 Å². The van der Waals surface area contributed by atoms with E-state index in [0.717, 1.165) is 34.4 Å². The van der Waals surface area contributed by atoms with E-state index in [1.165, 1.54) is 11.2 Å². The van der Waals surface area contributed by atoms with Gasteiger partial charge < -0.3 is 9.80 Å². The van der Waals surface area contributed by atoms with Gasteiger partial charge in [-0.2, -0.15) is 0 Å². The van der Waals surface area contributed by atoms with Crippen LogP contribution in [0.2, 0.25) is 0 Å². The Labute approximate surface area is 228 Å². The largest absolute Gasteiger partial charge is 0.340 e. The lowest BCUT2D eigenvalue weighted by molar-refractivity contribution is -0.132. The van der Waals surface area contributed by atoms with Gasteiger partial charge in [0.05, 0.1) is 23.0 Å². The van der Waals surface area contributed by atoms with Crippen LogP contribution in [-0.2, 0) is 32.5 Å². The molecule has 3 aliphatic heterocycles. The minimum Gasteiger partial charge on any atom is -0.340 e. The molecule has 6 rings (SSSR count). The Bertz CT molecular complexity index is 1550. The Balaban J connectivity index is 1.37. The van der Waals surface area contributed by atoms with Gasteiger partial charge in [0.2, 0.25) is 11.8 Å². The number of fused-ring (bicyclic) bond motifs is 3. The standard InChI is InChI=1S/C29H31N5O4S/c1-20(35)34-11-9-22-17-24-26(18-25(22)34)31(2)39(37,38)27-8-4-3-7-23(27)29(24)33-14-12-32(13-15-33)28(36)16-21-6-5-10-30-19-21/h3-8,10,17-19,29H,9,11-16H2,1-2H3. The van der Waals surface area contributed by atoms with E-state index in [1.54, 1.807) is 36.5 Å². The lowest BCUT2D eigenvalue weighted by Crippen LogP contribution is -2.50. The number of sulfonamides is 1. The van der Waals surface area contributed by atoms with Gasteiger partial charge in [-0.25, -0.2) is 8.42 Å². The zero-order valence-corrected chi connectivity index (χ0v) is 22.9. The van der Waals surface area contributed by atoms with E-state index in [-0.39, 0.29) is 22.8 Å². The number of amides is 2. The maximum absolute atomic E-state index is 13.8. The van der Waals surface area contributed by atoms with E-state index in [2.05, 4.69) is 16.0 Å². The third-order valence-corrected chi connectivity index (χ3v) is 9.95. The summed E-state index contributed by atoms with van der Waals surface area (Å²) in [7, 11) is -2.24. The predicted octanol–water partition coefficient (Wildman–Crippen LogP) is 2.61. The molecule has 2 aromatic carbocycles. The topological polar surface area (TPSA) is 94.1 Å². The first-order chi connectivity index (χ1) is 18.8. The summed E-state index contributed by atoms with van der Waals surface area (Å²) in [5.74, 6) is 0.00788. The Kier molecular flexibility index (Phi) is 6.39. The molecule has 2 amide bonds. The fraction of sp³-hybridized carbons (Fsp3) is 0.345. The van der Waals surface area contributed by atoms with Gasteiger partial charge in [0.15, 0.2) is 0 Å². The van der Waals surface area contributed by atoms with Crippen LogP contribution in [0.3, 0.4) is 0 Å². The second-order valence-electron chi connectivity index (χ2n) is 10.3. The molecule has 1 saturated heterocycles. The number of carbonyl (C=O) groups excluding carboxylic acids is 2. The van der Waals surface area contributed by atoms with Crippen LogP contribution >= 0.6 is 0 Å². The highest BCUT2D eigenvalue weighted by atomic mass is 32.2. The molecule has 0 N–H and O–H groups in total. The number of anilines is 2. The van der Waals surface area contributed by atoms with Gasteiger partial charge in [0.25, 0.3) is 10.0 Å². The van der Waals surface area contributed by atoms with Crippen molar-refractivity contribution in [3.63, 3.8) is 0 Å². The normalized spacial score (nSPS) is 20.2. The monoisotopic (exact) mass is 545 g/mol. The molecule has 0 bridgehead atoms. The summed E-state index contributed by atoms with van der Waals surface area (Å²) in [6.45, 7) is 4.45. The Hall–Kier alpha value is -3.76. The maximum Gasteiger partial charge on any atom is 0.264 e. The van der Waals surface area contributed by atoms with Crippen molar-refractivity contribution < 1.29 is 18.0 Å². The van der Waals surface area contributed by atoms with Crippen molar-refractivity contribution >= 4 is 33.2 Å². The fourth-order valence-corrected chi connectivity index (χ4v) is 7.50. The summed E-state index contributed by atoms with van der Waals surface area (Å²) in [4.78, 5) is 35.6. The fourth-order valence-electron chi connectivity index (χ4n) is 6.06. The van der Waals surface area contributed by atoms with Crippen LogP contribution in [0.5, 0.6) is 0 Å². The number of rotatable bonds is 3. The zero-order chi connectivity index (χ0) is 27.3. The van der Waals surface area contributed by atoms with Crippen LogP contribution in [0.25, 0.3) is 0 Å². The van der Waals surface area contributed by atoms with E-state index >= 15 is 0 Å². The second kappa shape index (κ2) is 9.77. The molecule has 10 heteroatoms. The second-order valence-corrected chi connectivity index (χ2v) is 12.3. The van der Waals surface area contributed by atoms with Crippen molar-refractivity contribution in [2.24, 2.45) is 0 Å². The summed E-state index contributed by atoms with van der Waals surface area (Å²) in [5, 5.41) is 0. The van der Waals surface area contributed by atoms with Crippen LogP contribution < -0.4 is 9.21 Å². The van der Waals surface area contributed by atoms with Crippen LogP contribution in [-0.4, -0.2) is 74.8 Å². The predicted molar refractivity (Wildman–Crippen MR) is 148 cm³/mol. The molecule has 1 aromatic heterocycles. The van der Waals surface area contributed by atoms with Crippen molar-refractivity contribution in [1.82, 2.24) is 14.8 Å². The number of hydrogen-bond donors (Lipinski definition) is 0. The minimum atomic E-state index is -3.82. The van der Waals surface area contributed by atoms with Crippen molar-refractivity contribution in [3.8, 4) is 0 Å². The average molecular weight is 546 g/mol. The minimum absolute atomic E-state index is 0.0558. The number of nitrogens with zero attached hydrogens (tertiary/aromatic N) is 5. The Morgan fingerprint density at radius 1 is 0.949 bits per heavy atom. The average Bonchev–Trinajstić information content (AvgIpc) is 3.34. The third-order valence-electron chi connectivity index (χ3n) is 8.10. The first kappa shape index (κ1) is 25.5. The molecule has 1 fully saturated rings. The maximum atomic E-state index is 13.8. The number of carbonyl (C=O) groups is 2. The molecular weight excluding hydrogens is 514 g/mol. The lowest BCUT2D eigenvalue weighted by atomic mass is 9.92. The molecule has 202 valence electrons. The molecule has 1 atom stereocenters. The molecule has 1 unspecified atom stereocenters. The highest BCUT2D eigenvalue weighted by Crippen LogP contribution is 2.46. The van der Waals surface area contributed by atoms with Gasteiger partial charge in [0.1, 0.15) is 0 Å². The van der Waals surface area contributed by atoms with E-state index < -0.39 is 10.0 Å². The SMILES string of the molecule is CC(=O)N1CCc2cc3c(cc21)N(C)S(=O)(=O)c1ccccc1C3N1CCN(C(=O)Cc2cccnc2)CC1. The van der Waals surface area contributed by atoms with Gasteiger partial charge >= 0.3 is 0 Å². The summed E-state index contributed by atoms with van der Waals surface area (Å²) < 4.78 is 29.0. The van der Waals surface area contributed by atoms with Crippen LogP contribution in [0.1, 0.15) is 35.2 Å². The van der Waals surface area contributed by atoms with Gasteiger partial charge in [-0.1, -0.05) is 24.3 Å². The van der Waals surface area contributed by atoms with E-state index in [0.29, 0.717) is 44.8 Å². The molecule has 9 nitrogen and oxygen atoms in total. The molecule has 3 aromatic rings. The van der Waals surface area contributed by atoms with Gasteiger partial charge in [0, 0.05) is 64.8 Å². The third kappa shape index (κ3) is 4.37. The number of hydrogen-bond acceptors (Lipinski definition) is 6. The van der Waals surface area contributed by atoms with Gasteiger partial charge in [-0.15, -0.1) is 0 Å². The molecule has 39 heavy (non-hydrogen) atoms.